The third-order valence-corrected chi connectivity index (χ3v) is 4.25. The lowest BCUT2D eigenvalue weighted by Crippen LogP contribution is -2.25. The van der Waals surface area contributed by atoms with Crippen molar-refractivity contribution in [3.05, 3.63) is 18.0 Å². The Bertz CT molecular complexity index is 675. The predicted octanol–water partition coefficient (Wildman–Crippen LogP) is -0.0816. The van der Waals surface area contributed by atoms with E-state index in [4.69, 9.17) is 0 Å². The zero-order valence-corrected chi connectivity index (χ0v) is 12.4. The van der Waals surface area contributed by atoms with Crippen molar-refractivity contribution in [1.29, 1.82) is 0 Å². The molecule has 1 aliphatic heterocycles. The number of nitrogens with zero attached hydrogens (tertiary/aromatic N) is 5. The van der Waals surface area contributed by atoms with Crippen LogP contribution in [-0.2, 0) is 10.7 Å². The van der Waals surface area contributed by atoms with E-state index in [1.807, 2.05) is 6.07 Å². The molecule has 21 heavy (non-hydrogen) atoms. The molecular formula is C12H16N5O3P-2. The van der Waals surface area contributed by atoms with E-state index in [1.165, 1.54) is 17.4 Å². The SMILES string of the molecule is O=P([O-])([O-])Cc1nnc2ccc(N3CCCCCC3)nn12. The highest BCUT2D eigenvalue weighted by atomic mass is 31.2. The molecule has 1 saturated heterocycles. The van der Waals surface area contributed by atoms with Gasteiger partial charge < -0.3 is 19.3 Å². The van der Waals surface area contributed by atoms with E-state index >= 15 is 0 Å². The van der Waals surface area contributed by atoms with Gasteiger partial charge in [-0.05, 0) is 25.0 Å². The minimum atomic E-state index is -4.69. The van der Waals surface area contributed by atoms with Crippen LogP contribution in [-0.4, -0.2) is 32.9 Å². The fourth-order valence-corrected chi connectivity index (χ4v) is 3.11. The van der Waals surface area contributed by atoms with Crippen LogP contribution in [0.2, 0.25) is 0 Å². The van der Waals surface area contributed by atoms with Gasteiger partial charge in [-0.25, -0.2) is 0 Å². The lowest BCUT2D eigenvalue weighted by Gasteiger charge is -2.28. The number of rotatable bonds is 3. The van der Waals surface area contributed by atoms with E-state index in [0.29, 0.717) is 5.65 Å². The van der Waals surface area contributed by atoms with Crippen molar-refractivity contribution < 1.29 is 14.4 Å². The molecule has 0 radical (unpaired) electrons. The van der Waals surface area contributed by atoms with Gasteiger partial charge in [0.2, 0.25) is 0 Å². The first-order chi connectivity index (χ1) is 10.0. The average molecular weight is 309 g/mol. The molecule has 114 valence electrons. The summed E-state index contributed by atoms with van der Waals surface area (Å²) in [6.07, 6.45) is 3.99. The minimum Gasteiger partial charge on any atom is -0.810 e. The molecule has 0 amide bonds. The van der Waals surface area contributed by atoms with Gasteiger partial charge in [0.05, 0.1) is 0 Å². The minimum absolute atomic E-state index is 0.0648. The Morgan fingerprint density at radius 1 is 1.10 bits per heavy atom. The van der Waals surface area contributed by atoms with E-state index in [9.17, 15) is 14.4 Å². The molecule has 0 spiro atoms. The third kappa shape index (κ3) is 3.40. The number of anilines is 1. The second-order valence-electron chi connectivity index (χ2n) is 5.25. The second-order valence-corrected chi connectivity index (χ2v) is 6.79. The fourth-order valence-electron chi connectivity index (χ4n) is 2.56. The molecular weight excluding hydrogens is 293 g/mol. The maximum Gasteiger partial charge on any atom is 0.178 e. The van der Waals surface area contributed by atoms with E-state index in [0.717, 1.165) is 31.7 Å². The van der Waals surface area contributed by atoms with Crippen LogP contribution in [0.3, 0.4) is 0 Å². The van der Waals surface area contributed by atoms with Crippen LogP contribution < -0.4 is 14.7 Å². The standard InChI is InChI=1S/C12H18N5O3P/c18-21(19,20)9-12-14-13-10-5-6-11(15-17(10)12)16-7-3-1-2-4-8-16/h5-6H,1-4,7-9H2,(H2,18,19,20)/p-2. The van der Waals surface area contributed by atoms with Crippen molar-refractivity contribution in [2.24, 2.45) is 0 Å². The van der Waals surface area contributed by atoms with E-state index < -0.39 is 13.8 Å². The van der Waals surface area contributed by atoms with Crippen molar-refractivity contribution in [2.45, 2.75) is 31.8 Å². The maximum absolute atomic E-state index is 10.9. The molecule has 2 aromatic rings. The zero-order valence-electron chi connectivity index (χ0n) is 11.5. The van der Waals surface area contributed by atoms with Crippen LogP contribution >= 0.6 is 7.60 Å². The molecule has 0 N–H and O–H groups in total. The van der Waals surface area contributed by atoms with Gasteiger partial charge in [0.1, 0.15) is 5.82 Å². The van der Waals surface area contributed by atoms with Gasteiger partial charge in [-0.1, -0.05) is 20.4 Å². The van der Waals surface area contributed by atoms with Gasteiger partial charge in [0, 0.05) is 19.3 Å². The van der Waals surface area contributed by atoms with Gasteiger partial charge in [0.25, 0.3) is 0 Å². The van der Waals surface area contributed by atoms with Crippen LogP contribution in [0.25, 0.3) is 5.65 Å². The van der Waals surface area contributed by atoms with Gasteiger partial charge in [-0.2, -0.15) is 4.52 Å². The third-order valence-electron chi connectivity index (χ3n) is 3.58. The Balaban J connectivity index is 1.94. The molecule has 2 aromatic heterocycles. The summed E-state index contributed by atoms with van der Waals surface area (Å²) in [5.41, 5.74) is 0.442. The highest BCUT2D eigenvalue weighted by Crippen LogP contribution is 2.28. The summed E-state index contributed by atoms with van der Waals surface area (Å²) in [5.74, 6) is 0.826. The first-order valence-corrected chi connectivity index (χ1v) is 8.73. The fraction of sp³-hybridized carbons (Fsp3) is 0.583. The molecule has 9 heteroatoms. The van der Waals surface area contributed by atoms with Crippen LogP contribution in [0.5, 0.6) is 0 Å². The van der Waals surface area contributed by atoms with Crippen molar-refractivity contribution in [1.82, 2.24) is 19.8 Å². The highest BCUT2D eigenvalue weighted by molar-refractivity contribution is 7.47. The van der Waals surface area contributed by atoms with Crippen LogP contribution in [0.4, 0.5) is 5.82 Å². The Labute approximate surface area is 122 Å². The molecule has 3 heterocycles. The molecule has 8 nitrogen and oxygen atoms in total. The van der Waals surface area contributed by atoms with Gasteiger partial charge in [0.15, 0.2) is 11.5 Å². The Kier molecular flexibility index (Phi) is 3.93. The maximum atomic E-state index is 10.9. The summed E-state index contributed by atoms with van der Waals surface area (Å²) in [4.78, 5) is 24.0. The molecule has 0 aliphatic carbocycles. The van der Waals surface area contributed by atoms with Gasteiger partial charge >= 0.3 is 0 Å². The predicted molar refractivity (Wildman–Crippen MR) is 72.8 cm³/mol. The summed E-state index contributed by atoms with van der Waals surface area (Å²) in [5, 5.41) is 12.0. The summed E-state index contributed by atoms with van der Waals surface area (Å²) in [6, 6.07) is 3.59. The Morgan fingerprint density at radius 3 is 2.48 bits per heavy atom. The monoisotopic (exact) mass is 309 g/mol. The van der Waals surface area contributed by atoms with Gasteiger partial charge in [-0.15, -0.1) is 15.3 Å². The average Bonchev–Trinajstić information content (AvgIpc) is 2.65. The Hall–Kier alpha value is -1.50. The lowest BCUT2D eigenvalue weighted by atomic mass is 10.2. The van der Waals surface area contributed by atoms with E-state index in [1.54, 1.807) is 6.07 Å². The highest BCUT2D eigenvalue weighted by Gasteiger charge is 2.14. The quantitative estimate of drug-likeness (QED) is 0.729. The molecule has 1 fully saturated rings. The number of aromatic nitrogens is 4. The van der Waals surface area contributed by atoms with Crippen molar-refractivity contribution in [3.63, 3.8) is 0 Å². The van der Waals surface area contributed by atoms with E-state index in [-0.39, 0.29) is 5.82 Å². The molecule has 3 rings (SSSR count). The molecule has 0 unspecified atom stereocenters. The normalized spacial score (nSPS) is 17.1. The van der Waals surface area contributed by atoms with Crippen molar-refractivity contribution in [3.8, 4) is 0 Å². The molecule has 1 aliphatic rings. The van der Waals surface area contributed by atoms with Gasteiger partial charge in [-0.3, -0.25) is 0 Å². The lowest BCUT2D eigenvalue weighted by molar-refractivity contribution is -0.314. The van der Waals surface area contributed by atoms with E-state index in [2.05, 4.69) is 20.2 Å². The number of fused-ring (bicyclic) bond motifs is 1. The first kappa shape index (κ1) is 14.4. The van der Waals surface area contributed by atoms with Crippen molar-refractivity contribution >= 4 is 19.1 Å². The molecule has 0 bridgehead atoms. The summed E-state index contributed by atoms with van der Waals surface area (Å²) < 4.78 is 12.3. The molecule has 0 saturated carbocycles. The van der Waals surface area contributed by atoms with Crippen LogP contribution in [0.1, 0.15) is 31.5 Å². The number of hydrogen-bond acceptors (Lipinski definition) is 7. The molecule has 0 aromatic carbocycles. The first-order valence-electron chi connectivity index (χ1n) is 7.00. The summed E-state index contributed by atoms with van der Waals surface area (Å²) in [7, 11) is -4.69. The topological polar surface area (TPSA) is 110 Å². The second kappa shape index (κ2) is 5.71. The largest absolute Gasteiger partial charge is 0.810 e. The smallest absolute Gasteiger partial charge is 0.178 e. The van der Waals surface area contributed by atoms with Crippen LogP contribution in [0.15, 0.2) is 12.1 Å². The Morgan fingerprint density at radius 2 is 1.81 bits per heavy atom. The number of hydrogen-bond donors (Lipinski definition) is 0. The van der Waals surface area contributed by atoms with Crippen molar-refractivity contribution in [2.75, 3.05) is 18.0 Å². The summed E-state index contributed by atoms with van der Waals surface area (Å²) >= 11 is 0. The van der Waals surface area contributed by atoms with Crippen LogP contribution in [0, 0.1) is 0 Å². The molecule has 0 atom stereocenters. The summed E-state index contributed by atoms with van der Waals surface area (Å²) in [6.45, 7) is 1.86. The zero-order chi connectivity index (χ0) is 14.9.